The van der Waals surface area contributed by atoms with Crippen LogP contribution in [-0.4, -0.2) is 52.6 Å². The molecule has 1 amide bonds. The van der Waals surface area contributed by atoms with Gasteiger partial charge >= 0.3 is 0 Å². The van der Waals surface area contributed by atoms with Crippen molar-refractivity contribution in [3.8, 4) is 5.88 Å². The highest BCUT2D eigenvalue weighted by molar-refractivity contribution is 5.78. The maximum Gasteiger partial charge on any atom is 0.235 e. The molecule has 1 saturated heterocycles. The van der Waals surface area contributed by atoms with Crippen LogP contribution in [0.5, 0.6) is 5.88 Å². The lowest BCUT2D eigenvalue weighted by Gasteiger charge is -2.31. The van der Waals surface area contributed by atoms with E-state index in [9.17, 15) is 4.79 Å². The summed E-state index contributed by atoms with van der Waals surface area (Å²) in [6, 6.07) is 0.404. The van der Waals surface area contributed by atoms with Crippen LogP contribution in [0.15, 0.2) is 6.20 Å². The van der Waals surface area contributed by atoms with Gasteiger partial charge < -0.3 is 10.1 Å². The highest BCUT2D eigenvalue weighted by Crippen LogP contribution is 2.20. The van der Waals surface area contributed by atoms with Crippen LogP contribution in [0.3, 0.4) is 0 Å². The molecule has 2 aliphatic rings. The number of carbonyl (C=O) groups excluding carboxylic acids is 1. The van der Waals surface area contributed by atoms with E-state index in [2.05, 4.69) is 20.2 Å². The van der Waals surface area contributed by atoms with Gasteiger partial charge in [-0.05, 0) is 39.5 Å². The minimum atomic E-state index is 0.161. The van der Waals surface area contributed by atoms with Gasteiger partial charge in [0.05, 0.1) is 17.9 Å². The minimum absolute atomic E-state index is 0.161. The third-order valence-electron chi connectivity index (χ3n) is 4.93. The zero-order valence-electron chi connectivity index (χ0n) is 14.8. The molecule has 1 saturated carbocycles. The second-order valence-corrected chi connectivity index (χ2v) is 7.04. The number of aromatic nitrogens is 2. The Hall–Kier alpha value is -1.69. The maximum atomic E-state index is 12.1. The van der Waals surface area contributed by atoms with Gasteiger partial charge in [0.1, 0.15) is 6.10 Å². The third kappa shape index (κ3) is 4.66. The normalized spacial score (nSPS) is 20.2. The summed E-state index contributed by atoms with van der Waals surface area (Å²) in [5.41, 5.74) is 1.70. The second-order valence-electron chi connectivity index (χ2n) is 7.04. The van der Waals surface area contributed by atoms with E-state index in [4.69, 9.17) is 4.74 Å². The van der Waals surface area contributed by atoms with E-state index in [0.717, 1.165) is 50.2 Å². The molecule has 0 aromatic carbocycles. The number of amides is 1. The van der Waals surface area contributed by atoms with Crippen LogP contribution in [0, 0.1) is 13.8 Å². The molecule has 1 aromatic heterocycles. The van der Waals surface area contributed by atoms with Crippen molar-refractivity contribution in [3.63, 3.8) is 0 Å². The Balaban J connectivity index is 1.42. The van der Waals surface area contributed by atoms with E-state index < -0.39 is 0 Å². The third-order valence-corrected chi connectivity index (χ3v) is 4.93. The Kier molecular flexibility index (Phi) is 5.66. The van der Waals surface area contributed by atoms with Gasteiger partial charge in [-0.25, -0.2) is 4.98 Å². The molecule has 0 bridgehead atoms. The zero-order chi connectivity index (χ0) is 16.9. The maximum absolute atomic E-state index is 12.1. The number of nitrogens with one attached hydrogen (secondary N) is 1. The average molecular weight is 332 g/mol. The zero-order valence-corrected chi connectivity index (χ0v) is 14.8. The molecule has 0 spiro atoms. The fraction of sp³-hybridized carbons (Fsp3) is 0.722. The first-order valence-corrected chi connectivity index (χ1v) is 9.09. The lowest BCUT2D eigenvalue weighted by Crippen LogP contribution is -2.45. The molecule has 1 aromatic rings. The Morgan fingerprint density at radius 2 is 1.96 bits per heavy atom. The molecule has 132 valence electrons. The number of rotatable bonds is 5. The van der Waals surface area contributed by atoms with Crippen molar-refractivity contribution in [1.82, 2.24) is 20.2 Å². The fourth-order valence-electron chi connectivity index (χ4n) is 3.52. The number of aryl methyl sites for hydroxylation is 2. The Morgan fingerprint density at radius 3 is 2.67 bits per heavy atom. The summed E-state index contributed by atoms with van der Waals surface area (Å²) < 4.78 is 6.03. The molecule has 0 atom stereocenters. The first-order chi connectivity index (χ1) is 11.6. The quantitative estimate of drug-likeness (QED) is 0.893. The predicted molar refractivity (Wildman–Crippen MR) is 92.0 cm³/mol. The summed E-state index contributed by atoms with van der Waals surface area (Å²) in [5.74, 6) is 0.814. The lowest BCUT2D eigenvalue weighted by molar-refractivity contribution is -0.123. The summed E-state index contributed by atoms with van der Waals surface area (Å²) in [4.78, 5) is 23.1. The summed E-state index contributed by atoms with van der Waals surface area (Å²) in [7, 11) is 0. The highest BCUT2D eigenvalue weighted by atomic mass is 16.5. The molecule has 2 heterocycles. The highest BCUT2D eigenvalue weighted by Gasteiger charge is 2.24. The van der Waals surface area contributed by atoms with Gasteiger partial charge in [-0.2, -0.15) is 0 Å². The van der Waals surface area contributed by atoms with Gasteiger partial charge in [-0.1, -0.05) is 12.8 Å². The SMILES string of the molecule is Cc1cnc(C)c(OC2CCN(CC(=O)NC3CCCC3)CC2)n1. The molecule has 3 rings (SSSR count). The van der Waals surface area contributed by atoms with Crippen LogP contribution in [0.1, 0.15) is 49.9 Å². The van der Waals surface area contributed by atoms with Crippen molar-refractivity contribution < 1.29 is 9.53 Å². The summed E-state index contributed by atoms with van der Waals surface area (Å²) >= 11 is 0. The lowest BCUT2D eigenvalue weighted by atomic mass is 10.1. The summed E-state index contributed by atoms with van der Waals surface area (Å²) in [6.07, 6.45) is 8.53. The number of likely N-dealkylation sites (tertiary alicyclic amines) is 1. The van der Waals surface area contributed by atoms with Crippen molar-refractivity contribution in [3.05, 3.63) is 17.6 Å². The average Bonchev–Trinajstić information content (AvgIpc) is 3.05. The number of nitrogens with zero attached hydrogens (tertiary/aromatic N) is 3. The fourth-order valence-corrected chi connectivity index (χ4v) is 3.52. The first-order valence-electron chi connectivity index (χ1n) is 9.09. The molecule has 1 N–H and O–H groups in total. The van der Waals surface area contributed by atoms with Crippen molar-refractivity contribution in [2.24, 2.45) is 0 Å². The Bertz CT molecular complexity index is 564. The van der Waals surface area contributed by atoms with E-state index >= 15 is 0 Å². The van der Waals surface area contributed by atoms with Crippen LogP contribution < -0.4 is 10.1 Å². The number of carbonyl (C=O) groups is 1. The Labute approximate surface area is 144 Å². The van der Waals surface area contributed by atoms with Gasteiger partial charge in [0, 0.05) is 25.3 Å². The molecule has 6 heteroatoms. The monoisotopic (exact) mass is 332 g/mol. The molecule has 0 unspecified atom stereocenters. The first kappa shape index (κ1) is 17.1. The van der Waals surface area contributed by atoms with Gasteiger partial charge in [0.2, 0.25) is 11.8 Å². The number of hydrogen-bond donors (Lipinski definition) is 1. The number of hydrogen-bond acceptors (Lipinski definition) is 5. The van der Waals surface area contributed by atoms with E-state index in [1.807, 2.05) is 13.8 Å². The molecule has 24 heavy (non-hydrogen) atoms. The molecule has 1 aliphatic carbocycles. The van der Waals surface area contributed by atoms with Crippen molar-refractivity contribution in [1.29, 1.82) is 0 Å². The minimum Gasteiger partial charge on any atom is -0.473 e. The number of piperidine rings is 1. The van der Waals surface area contributed by atoms with Gasteiger partial charge in [0.25, 0.3) is 0 Å². The van der Waals surface area contributed by atoms with E-state index in [1.54, 1.807) is 6.20 Å². The topological polar surface area (TPSA) is 67.3 Å². The molecular formula is C18H28N4O2. The van der Waals surface area contributed by atoms with E-state index in [-0.39, 0.29) is 12.0 Å². The van der Waals surface area contributed by atoms with Gasteiger partial charge in [-0.15, -0.1) is 0 Å². The smallest absolute Gasteiger partial charge is 0.235 e. The van der Waals surface area contributed by atoms with Gasteiger partial charge in [-0.3, -0.25) is 14.7 Å². The molecule has 0 radical (unpaired) electrons. The largest absolute Gasteiger partial charge is 0.473 e. The van der Waals surface area contributed by atoms with Crippen molar-refractivity contribution >= 4 is 5.91 Å². The molecular weight excluding hydrogens is 304 g/mol. The van der Waals surface area contributed by atoms with Crippen LogP contribution in [0.4, 0.5) is 0 Å². The predicted octanol–water partition coefficient (Wildman–Crippen LogP) is 2.00. The molecule has 2 fully saturated rings. The Morgan fingerprint density at radius 1 is 1.25 bits per heavy atom. The van der Waals surface area contributed by atoms with Crippen molar-refractivity contribution in [2.45, 2.75) is 64.5 Å². The summed E-state index contributed by atoms with van der Waals surface area (Å²) in [5, 5.41) is 3.16. The standard InChI is InChI=1S/C18H28N4O2/c1-13-11-19-14(2)18(20-13)24-16-7-9-22(10-8-16)12-17(23)21-15-5-3-4-6-15/h11,15-16H,3-10,12H2,1-2H3,(H,21,23). The van der Waals surface area contributed by atoms with Crippen LogP contribution in [-0.2, 0) is 4.79 Å². The molecule has 6 nitrogen and oxygen atoms in total. The van der Waals surface area contributed by atoms with Crippen LogP contribution >= 0.6 is 0 Å². The van der Waals surface area contributed by atoms with Crippen LogP contribution in [0.25, 0.3) is 0 Å². The van der Waals surface area contributed by atoms with Crippen LogP contribution in [0.2, 0.25) is 0 Å². The summed E-state index contributed by atoms with van der Waals surface area (Å²) in [6.45, 7) is 6.13. The molecule has 1 aliphatic heterocycles. The second kappa shape index (κ2) is 7.92. The van der Waals surface area contributed by atoms with E-state index in [1.165, 1.54) is 12.8 Å². The van der Waals surface area contributed by atoms with Gasteiger partial charge in [0.15, 0.2) is 0 Å². The number of ether oxygens (including phenoxy) is 1. The van der Waals surface area contributed by atoms with E-state index in [0.29, 0.717) is 18.5 Å². The van der Waals surface area contributed by atoms with Crippen molar-refractivity contribution in [2.75, 3.05) is 19.6 Å².